The van der Waals surface area contributed by atoms with E-state index in [1.807, 2.05) is 11.8 Å². The van der Waals surface area contributed by atoms with Crippen LogP contribution in [0.4, 0.5) is 17.1 Å². The summed E-state index contributed by atoms with van der Waals surface area (Å²) in [6.45, 7) is 7.80. The fraction of sp³-hybridized carbons (Fsp3) is 0.533. The number of nitriles is 1. The Labute approximate surface area is 125 Å². The Kier molecular flexibility index (Phi) is 6.47. The minimum Gasteiger partial charge on any atom is -0.380 e. The first kappa shape index (κ1) is 16.8. The van der Waals surface area contributed by atoms with Gasteiger partial charge in [-0.15, -0.1) is 0 Å². The van der Waals surface area contributed by atoms with Crippen molar-refractivity contribution in [2.24, 2.45) is 5.92 Å². The van der Waals surface area contributed by atoms with Gasteiger partial charge in [0.25, 0.3) is 0 Å². The predicted octanol–water partition coefficient (Wildman–Crippen LogP) is 3.40. The second-order valence-electron chi connectivity index (χ2n) is 5.21. The van der Waals surface area contributed by atoms with Crippen molar-refractivity contribution in [2.75, 3.05) is 29.9 Å². The van der Waals surface area contributed by atoms with Gasteiger partial charge in [0.05, 0.1) is 17.4 Å². The summed E-state index contributed by atoms with van der Waals surface area (Å²) in [5.74, 6) is 0.353. The van der Waals surface area contributed by atoms with Gasteiger partial charge in [0, 0.05) is 19.6 Å². The lowest BCUT2D eigenvalue weighted by molar-refractivity contribution is -0.383. The van der Waals surface area contributed by atoms with Gasteiger partial charge < -0.3 is 10.2 Å². The first-order valence-electron chi connectivity index (χ1n) is 7.14. The molecule has 1 aromatic rings. The van der Waals surface area contributed by atoms with Crippen molar-refractivity contribution in [3.05, 3.63) is 28.3 Å². The highest BCUT2D eigenvalue weighted by Gasteiger charge is 2.23. The first-order valence-corrected chi connectivity index (χ1v) is 7.14. The summed E-state index contributed by atoms with van der Waals surface area (Å²) < 4.78 is 0. The molecule has 21 heavy (non-hydrogen) atoms. The zero-order valence-corrected chi connectivity index (χ0v) is 12.8. The number of rotatable bonds is 8. The maximum atomic E-state index is 11.5. The Morgan fingerprint density at radius 3 is 2.71 bits per heavy atom. The van der Waals surface area contributed by atoms with E-state index < -0.39 is 0 Å². The third-order valence-corrected chi connectivity index (χ3v) is 2.98. The lowest BCUT2D eigenvalue weighted by Crippen LogP contribution is -2.29. The van der Waals surface area contributed by atoms with Gasteiger partial charge in [-0.25, -0.2) is 0 Å². The molecule has 0 aliphatic carbocycles. The average Bonchev–Trinajstić information content (AvgIpc) is 2.43. The fourth-order valence-corrected chi connectivity index (χ4v) is 2.25. The molecule has 114 valence electrons. The molecular weight excluding hydrogens is 268 g/mol. The number of benzene rings is 1. The van der Waals surface area contributed by atoms with E-state index >= 15 is 0 Å². The van der Waals surface area contributed by atoms with Gasteiger partial charge in [0.1, 0.15) is 11.4 Å². The summed E-state index contributed by atoms with van der Waals surface area (Å²) >= 11 is 0. The number of para-hydroxylation sites is 1. The number of nitro benzene ring substituents is 1. The Balaban J connectivity index is 3.25. The van der Waals surface area contributed by atoms with Crippen LogP contribution in [0.3, 0.4) is 0 Å². The average molecular weight is 290 g/mol. The molecule has 0 saturated carbocycles. The quantitative estimate of drug-likeness (QED) is 0.586. The molecule has 0 aromatic heterocycles. The maximum absolute atomic E-state index is 11.5. The number of hydrogen-bond acceptors (Lipinski definition) is 5. The normalized spacial score (nSPS) is 10.2. The van der Waals surface area contributed by atoms with E-state index in [2.05, 4.69) is 25.2 Å². The van der Waals surface area contributed by atoms with Crippen LogP contribution in [0, 0.1) is 27.4 Å². The molecule has 0 bridgehead atoms. The van der Waals surface area contributed by atoms with Crippen molar-refractivity contribution in [1.82, 2.24) is 0 Å². The number of anilines is 2. The third kappa shape index (κ3) is 4.63. The Hall–Kier alpha value is -2.29. The molecule has 6 heteroatoms. The van der Waals surface area contributed by atoms with Crippen LogP contribution in [0.2, 0.25) is 0 Å². The zero-order chi connectivity index (χ0) is 15.8. The molecule has 1 aromatic carbocycles. The monoisotopic (exact) mass is 290 g/mol. The van der Waals surface area contributed by atoms with Crippen LogP contribution in [0.5, 0.6) is 0 Å². The maximum Gasteiger partial charge on any atom is 0.315 e. The molecule has 0 heterocycles. The highest BCUT2D eigenvalue weighted by atomic mass is 16.6. The molecule has 0 spiro atoms. The number of nitrogens with one attached hydrogen (secondary N) is 1. The molecule has 1 rings (SSSR count). The molecule has 0 radical (unpaired) electrons. The van der Waals surface area contributed by atoms with Crippen LogP contribution in [-0.2, 0) is 0 Å². The topological polar surface area (TPSA) is 82.2 Å². The van der Waals surface area contributed by atoms with Gasteiger partial charge in [0.15, 0.2) is 0 Å². The van der Waals surface area contributed by atoms with Gasteiger partial charge in [-0.3, -0.25) is 10.1 Å². The molecule has 6 nitrogen and oxygen atoms in total. The van der Waals surface area contributed by atoms with E-state index in [0.717, 1.165) is 0 Å². The van der Waals surface area contributed by atoms with Crippen molar-refractivity contribution >= 4 is 17.1 Å². The van der Waals surface area contributed by atoms with Crippen molar-refractivity contribution in [3.8, 4) is 6.07 Å². The summed E-state index contributed by atoms with van der Waals surface area (Å²) in [6, 6.07) is 7.37. The van der Waals surface area contributed by atoms with Crippen molar-refractivity contribution in [1.29, 1.82) is 5.26 Å². The lowest BCUT2D eigenvalue weighted by Gasteiger charge is -2.26. The van der Waals surface area contributed by atoms with E-state index in [9.17, 15) is 10.1 Å². The number of nitro groups is 1. The predicted molar refractivity (Wildman–Crippen MR) is 84.5 cm³/mol. The second-order valence-corrected chi connectivity index (χ2v) is 5.21. The summed E-state index contributed by atoms with van der Waals surface area (Å²) in [6.07, 6.45) is 0.343. The zero-order valence-electron chi connectivity index (χ0n) is 12.8. The Bertz CT molecular complexity index is 523. The van der Waals surface area contributed by atoms with Crippen molar-refractivity contribution in [3.63, 3.8) is 0 Å². The van der Waals surface area contributed by atoms with Gasteiger partial charge in [-0.2, -0.15) is 5.26 Å². The molecule has 0 saturated heterocycles. The van der Waals surface area contributed by atoms with Gasteiger partial charge in [-0.1, -0.05) is 19.9 Å². The Morgan fingerprint density at radius 2 is 2.19 bits per heavy atom. The van der Waals surface area contributed by atoms with Gasteiger partial charge >= 0.3 is 5.69 Å². The van der Waals surface area contributed by atoms with E-state index in [-0.39, 0.29) is 10.6 Å². The molecule has 0 fully saturated rings. The molecule has 1 N–H and O–H groups in total. The fourth-order valence-electron chi connectivity index (χ4n) is 2.25. The van der Waals surface area contributed by atoms with E-state index in [0.29, 0.717) is 43.3 Å². The number of hydrogen-bond donors (Lipinski definition) is 1. The van der Waals surface area contributed by atoms with Crippen LogP contribution in [0.15, 0.2) is 18.2 Å². The van der Waals surface area contributed by atoms with E-state index in [1.54, 1.807) is 18.2 Å². The summed E-state index contributed by atoms with van der Waals surface area (Å²) in [4.78, 5) is 13.0. The van der Waals surface area contributed by atoms with Gasteiger partial charge in [-0.05, 0) is 25.0 Å². The third-order valence-electron chi connectivity index (χ3n) is 2.98. The van der Waals surface area contributed by atoms with Gasteiger partial charge in [0.2, 0.25) is 0 Å². The van der Waals surface area contributed by atoms with Crippen molar-refractivity contribution in [2.45, 2.75) is 27.2 Å². The number of nitrogens with zero attached hydrogens (tertiary/aromatic N) is 3. The standard InChI is InChI=1S/C15H22N4O2/c1-4-17-13-7-5-8-14(15(13)19(20)21)18(10-6-9-16)11-12(2)3/h5,7-8,12,17H,4,6,10-11H2,1-3H3. The summed E-state index contributed by atoms with van der Waals surface area (Å²) in [7, 11) is 0. The highest BCUT2D eigenvalue weighted by molar-refractivity contribution is 5.77. The summed E-state index contributed by atoms with van der Waals surface area (Å²) in [5.41, 5.74) is 1.17. The summed E-state index contributed by atoms with van der Waals surface area (Å²) in [5, 5.41) is 23.3. The molecular formula is C15H22N4O2. The minimum absolute atomic E-state index is 0.0814. The molecule has 0 amide bonds. The first-order chi connectivity index (χ1) is 10.0. The molecule has 0 aliphatic rings. The van der Waals surface area contributed by atoms with Crippen LogP contribution >= 0.6 is 0 Å². The van der Waals surface area contributed by atoms with Crippen LogP contribution in [0.1, 0.15) is 27.2 Å². The molecule has 0 aliphatic heterocycles. The molecule has 0 unspecified atom stereocenters. The largest absolute Gasteiger partial charge is 0.380 e. The second kappa shape index (κ2) is 8.10. The minimum atomic E-state index is -0.354. The van der Waals surface area contributed by atoms with E-state index in [4.69, 9.17) is 5.26 Å². The molecule has 0 atom stereocenters. The smallest absolute Gasteiger partial charge is 0.315 e. The van der Waals surface area contributed by atoms with Crippen molar-refractivity contribution < 1.29 is 4.92 Å². The SMILES string of the molecule is CCNc1cccc(N(CCC#N)CC(C)C)c1[N+](=O)[O-]. The van der Waals surface area contributed by atoms with E-state index in [1.165, 1.54) is 0 Å². The van der Waals surface area contributed by atoms with Crippen LogP contribution in [0.25, 0.3) is 0 Å². The highest BCUT2D eigenvalue weighted by Crippen LogP contribution is 2.35. The lowest BCUT2D eigenvalue weighted by atomic mass is 10.1. The van der Waals surface area contributed by atoms with Crippen LogP contribution in [-0.4, -0.2) is 24.6 Å². The van der Waals surface area contributed by atoms with Crippen LogP contribution < -0.4 is 10.2 Å². The Morgan fingerprint density at radius 1 is 1.48 bits per heavy atom.